The lowest BCUT2D eigenvalue weighted by Crippen LogP contribution is -2.32. The Balaban J connectivity index is 1.79. The summed E-state index contributed by atoms with van der Waals surface area (Å²) in [7, 11) is 0. The molecule has 0 atom stereocenters. The third kappa shape index (κ3) is 4.01. The van der Waals surface area contributed by atoms with Gasteiger partial charge in [-0.1, -0.05) is 29.3 Å². The maximum absolute atomic E-state index is 12.4. The number of nitrogens with zero attached hydrogens (tertiary/aromatic N) is 2. The summed E-state index contributed by atoms with van der Waals surface area (Å²) >= 11 is 13.4. The van der Waals surface area contributed by atoms with Crippen LogP contribution < -0.4 is 15.7 Å². The van der Waals surface area contributed by atoms with E-state index in [1.165, 1.54) is 29.7 Å². The summed E-state index contributed by atoms with van der Waals surface area (Å²) in [6.07, 6.45) is 2.97. The summed E-state index contributed by atoms with van der Waals surface area (Å²) in [6.45, 7) is -0.0179. The summed E-state index contributed by atoms with van der Waals surface area (Å²) in [5.41, 5.74) is -0.113. The van der Waals surface area contributed by atoms with Crippen molar-refractivity contribution in [2.24, 2.45) is 0 Å². The van der Waals surface area contributed by atoms with Gasteiger partial charge in [-0.3, -0.25) is 14.9 Å². The van der Waals surface area contributed by atoms with Crippen LogP contribution in [0.4, 0.5) is 5.13 Å². The van der Waals surface area contributed by atoms with Gasteiger partial charge in [0.05, 0.1) is 0 Å². The SMILES string of the molecule is O=C(Nc1nccs1)c1cccn(OCc2c(Cl)cccc2Cl)c1=O. The number of carbonyl (C=O) groups is 1. The lowest BCUT2D eigenvalue weighted by Gasteiger charge is -2.11. The predicted octanol–water partition coefficient (Wildman–Crippen LogP) is 3.49. The average molecular weight is 396 g/mol. The molecule has 0 radical (unpaired) electrons. The molecule has 0 saturated heterocycles. The molecule has 1 N–H and O–H groups in total. The molecule has 3 aromatic rings. The van der Waals surface area contributed by atoms with E-state index < -0.39 is 11.5 Å². The topological polar surface area (TPSA) is 73.2 Å². The first-order chi connectivity index (χ1) is 12.1. The number of benzene rings is 1. The molecule has 6 nitrogen and oxygen atoms in total. The number of anilines is 1. The van der Waals surface area contributed by atoms with Gasteiger partial charge in [-0.2, -0.15) is 4.73 Å². The Morgan fingerprint density at radius 2 is 2.00 bits per heavy atom. The number of amides is 1. The highest BCUT2D eigenvalue weighted by molar-refractivity contribution is 7.13. The van der Waals surface area contributed by atoms with Crippen LogP contribution in [0.15, 0.2) is 52.9 Å². The summed E-state index contributed by atoms with van der Waals surface area (Å²) < 4.78 is 0.969. The van der Waals surface area contributed by atoms with Crippen molar-refractivity contribution < 1.29 is 9.63 Å². The molecule has 2 aromatic heterocycles. The van der Waals surface area contributed by atoms with E-state index in [1.54, 1.807) is 29.8 Å². The lowest BCUT2D eigenvalue weighted by atomic mass is 10.2. The van der Waals surface area contributed by atoms with Gasteiger partial charge in [-0.15, -0.1) is 11.3 Å². The molecule has 0 aliphatic carbocycles. The monoisotopic (exact) mass is 395 g/mol. The molecular weight excluding hydrogens is 385 g/mol. The van der Waals surface area contributed by atoms with Crippen molar-refractivity contribution in [1.82, 2.24) is 9.71 Å². The number of rotatable bonds is 5. The Bertz CT molecular complexity index is 937. The van der Waals surface area contributed by atoms with Crippen LogP contribution in [-0.4, -0.2) is 15.6 Å². The number of carbonyl (C=O) groups excluding carboxylic acids is 1. The lowest BCUT2D eigenvalue weighted by molar-refractivity contribution is 0.0864. The molecular formula is C16H11Cl2N3O3S. The van der Waals surface area contributed by atoms with Crippen molar-refractivity contribution in [1.29, 1.82) is 0 Å². The van der Waals surface area contributed by atoms with Crippen LogP contribution in [0.5, 0.6) is 0 Å². The van der Waals surface area contributed by atoms with Crippen LogP contribution >= 0.6 is 34.5 Å². The van der Waals surface area contributed by atoms with Crippen LogP contribution in [-0.2, 0) is 6.61 Å². The summed E-state index contributed by atoms with van der Waals surface area (Å²) in [4.78, 5) is 34.0. The molecule has 0 saturated carbocycles. The molecule has 128 valence electrons. The molecule has 0 bridgehead atoms. The van der Waals surface area contributed by atoms with Crippen molar-refractivity contribution in [2.45, 2.75) is 6.61 Å². The van der Waals surface area contributed by atoms with Crippen LogP contribution in [0.3, 0.4) is 0 Å². The molecule has 1 amide bonds. The molecule has 0 aliphatic rings. The van der Waals surface area contributed by atoms with E-state index in [0.717, 1.165) is 4.73 Å². The molecule has 0 unspecified atom stereocenters. The van der Waals surface area contributed by atoms with Gasteiger partial charge in [-0.05, 0) is 24.3 Å². The maximum Gasteiger partial charge on any atom is 0.295 e. The van der Waals surface area contributed by atoms with E-state index in [4.69, 9.17) is 28.0 Å². The second-order valence-corrected chi connectivity index (χ2v) is 6.53. The van der Waals surface area contributed by atoms with Gasteiger partial charge in [0.2, 0.25) is 0 Å². The van der Waals surface area contributed by atoms with Crippen LogP contribution in [0, 0.1) is 0 Å². The number of pyridine rings is 1. The first-order valence-electron chi connectivity index (χ1n) is 7.05. The third-order valence-corrected chi connectivity index (χ3v) is 4.62. The fraction of sp³-hybridized carbons (Fsp3) is 0.0625. The van der Waals surface area contributed by atoms with Gasteiger partial charge < -0.3 is 4.84 Å². The van der Waals surface area contributed by atoms with E-state index >= 15 is 0 Å². The highest BCUT2D eigenvalue weighted by Gasteiger charge is 2.14. The van der Waals surface area contributed by atoms with Crippen molar-refractivity contribution in [3.8, 4) is 0 Å². The highest BCUT2D eigenvalue weighted by atomic mass is 35.5. The molecule has 0 fully saturated rings. The number of thiazole rings is 1. The summed E-state index contributed by atoms with van der Waals surface area (Å²) in [6, 6.07) is 8.00. The van der Waals surface area contributed by atoms with E-state index in [1.807, 2.05) is 0 Å². The van der Waals surface area contributed by atoms with Crippen LogP contribution in [0.1, 0.15) is 15.9 Å². The summed E-state index contributed by atoms with van der Waals surface area (Å²) in [5.74, 6) is -0.561. The number of hydrogen-bond donors (Lipinski definition) is 1. The van der Waals surface area contributed by atoms with Gasteiger partial charge in [-0.25, -0.2) is 4.98 Å². The Morgan fingerprint density at radius 3 is 2.68 bits per heavy atom. The van der Waals surface area contributed by atoms with E-state index in [0.29, 0.717) is 20.7 Å². The largest absolute Gasteiger partial charge is 0.406 e. The molecule has 2 heterocycles. The van der Waals surface area contributed by atoms with E-state index in [-0.39, 0.29) is 12.2 Å². The zero-order chi connectivity index (χ0) is 17.8. The molecule has 9 heteroatoms. The molecule has 0 spiro atoms. The van der Waals surface area contributed by atoms with Gasteiger partial charge in [0.1, 0.15) is 12.2 Å². The zero-order valence-corrected chi connectivity index (χ0v) is 14.9. The third-order valence-electron chi connectivity index (χ3n) is 3.22. The number of nitrogens with one attached hydrogen (secondary N) is 1. The fourth-order valence-electron chi connectivity index (χ4n) is 2.00. The van der Waals surface area contributed by atoms with Gasteiger partial charge >= 0.3 is 0 Å². The van der Waals surface area contributed by atoms with E-state index in [9.17, 15) is 9.59 Å². The average Bonchev–Trinajstić information content (AvgIpc) is 3.08. The molecule has 25 heavy (non-hydrogen) atoms. The normalized spacial score (nSPS) is 10.5. The second kappa shape index (κ2) is 7.69. The Morgan fingerprint density at radius 1 is 1.24 bits per heavy atom. The van der Waals surface area contributed by atoms with Gasteiger partial charge in [0.15, 0.2) is 5.13 Å². The van der Waals surface area contributed by atoms with Gasteiger partial charge in [0.25, 0.3) is 11.5 Å². The minimum Gasteiger partial charge on any atom is -0.406 e. The Hall–Kier alpha value is -2.35. The van der Waals surface area contributed by atoms with Crippen molar-refractivity contribution in [3.05, 3.63) is 79.6 Å². The fourth-order valence-corrected chi connectivity index (χ4v) is 3.03. The number of aromatic nitrogens is 2. The van der Waals surface area contributed by atoms with Crippen molar-refractivity contribution in [3.63, 3.8) is 0 Å². The standard InChI is InChI=1S/C16H11Cl2N3O3S/c17-12-4-1-5-13(18)11(12)9-24-21-7-2-3-10(15(21)23)14(22)20-16-19-6-8-25-16/h1-8H,9H2,(H,19,20,22). The maximum atomic E-state index is 12.4. The quantitative estimate of drug-likeness (QED) is 0.717. The first-order valence-corrected chi connectivity index (χ1v) is 8.68. The zero-order valence-electron chi connectivity index (χ0n) is 12.6. The van der Waals surface area contributed by atoms with Crippen molar-refractivity contribution in [2.75, 3.05) is 5.32 Å². The highest BCUT2D eigenvalue weighted by Crippen LogP contribution is 2.24. The van der Waals surface area contributed by atoms with Crippen LogP contribution in [0.2, 0.25) is 10.0 Å². The summed E-state index contributed by atoms with van der Waals surface area (Å²) in [5, 5.41) is 5.54. The first kappa shape index (κ1) is 17.5. The number of halogens is 2. The molecule has 0 aliphatic heterocycles. The Kier molecular flexibility index (Phi) is 5.37. The van der Waals surface area contributed by atoms with Crippen molar-refractivity contribution >= 4 is 45.6 Å². The Labute approximate surface area is 156 Å². The number of hydrogen-bond acceptors (Lipinski definition) is 5. The minimum atomic E-state index is -0.597. The van der Waals surface area contributed by atoms with Gasteiger partial charge in [0, 0.05) is 33.4 Å². The van der Waals surface area contributed by atoms with Crippen LogP contribution in [0.25, 0.3) is 0 Å². The molecule has 3 rings (SSSR count). The van der Waals surface area contributed by atoms with E-state index in [2.05, 4.69) is 10.3 Å². The predicted molar refractivity (Wildman–Crippen MR) is 97.5 cm³/mol. The molecule has 1 aromatic carbocycles. The second-order valence-electron chi connectivity index (χ2n) is 4.82. The smallest absolute Gasteiger partial charge is 0.295 e. The minimum absolute atomic E-state index is 0.0179.